The van der Waals surface area contributed by atoms with E-state index in [1.54, 1.807) is 0 Å². The average Bonchev–Trinajstić information content (AvgIpc) is 2.47. The molecule has 1 aliphatic rings. The zero-order chi connectivity index (χ0) is 13.5. The molecule has 1 aromatic carbocycles. The number of halogens is 1. The molecule has 3 nitrogen and oxygen atoms in total. The van der Waals surface area contributed by atoms with E-state index in [0.717, 1.165) is 5.56 Å². The summed E-state index contributed by atoms with van der Waals surface area (Å²) in [6, 6.07) is 9.79. The van der Waals surface area contributed by atoms with Gasteiger partial charge < -0.3 is 11.1 Å². The number of nitrogens with one attached hydrogen (secondary N) is 1. The summed E-state index contributed by atoms with van der Waals surface area (Å²) in [7, 11) is 0. The first-order chi connectivity index (χ1) is 9.25. The second-order valence-electron chi connectivity index (χ2n) is 5.53. The van der Waals surface area contributed by atoms with Crippen LogP contribution in [0.2, 0.25) is 0 Å². The maximum absolute atomic E-state index is 11.9. The van der Waals surface area contributed by atoms with Crippen LogP contribution in [0.3, 0.4) is 0 Å². The Hall–Kier alpha value is -1.06. The van der Waals surface area contributed by atoms with Gasteiger partial charge in [-0.15, -0.1) is 12.4 Å². The van der Waals surface area contributed by atoms with Gasteiger partial charge in [-0.3, -0.25) is 4.79 Å². The Bertz CT molecular complexity index is 391. The second-order valence-corrected chi connectivity index (χ2v) is 5.53. The quantitative estimate of drug-likeness (QED) is 0.877. The van der Waals surface area contributed by atoms with E-state index in [-0.39, 0.29) is 24.4 Å². The molecule has 1 aromatic rings. The molecule has 20 heavy (non-hydrogen) atoms. The van der Waals surface area contributed by atoms with Crippen LogP contribution in [0.5, 0.6) is 0 Å². The van der Waals surface area contributed by atoms with Crippen LogP contribution in [0.1, 0.15) is 50.1 Å². The summed E-state index contributed by atoms with van der Waals surface area (Å²) in [4.78, 5) is 11.9. The van der Waals surface area contributed by atoms with Crippen LogP contribution < -0.4 is 11.1 Å². The molecule has 1 aliphatic carbocycles. The van der Waals surface area contributed by atoms with Crippen LogP contribution in [0.25, 0.3) is 0 Å². The molecule has 1 saturated carbocycles. The summed E-state index contributed by atoms with van der Waals surface area (Å²) < 4.78 is 0. The van der Waals surface area contributed by atoms with Crippen molar-refractivity contribution in [3.05, 3.63) is 35.9 Å². The first-order valence-corrected chi connectivity index (χ1v) is 7.33. The van der Waals surface area contributed by atoms with E-state index in [0.29, 0.717) is 18.9 Å². The molecule has 1 amide bonds. The number of amides is 1. The lowest BCUT2D eigenvalue weighted by Gasteiger charge is -2.21. The molecule has 0 heterocycles. The molecule has 1 fully saturated rings. The fraction of sp³-hybridized carbons (Fsp3) is 0.562. The van der Waals surface area contributed by atoms with Gasteiger partial charge in [0.2, 0.25) is 5.91 Å². The van der Waals surface area contributed by atoms with Gasteiger partial charge in [0.15, 0.2) is 0 Å². The first-order valence-electron chi connectivity index (χ1n) is 7.33. The zero-order valence-electron chi connectivity index (χ0n) is 11.9. The van der Waals surface area contributed by atoms with Crippen LogP contribution in [0.4, 0.5) is 0 Å². The first kappa shape index (κ1) is 17.0. The number of hydrogen-bond acceptors (Lipinski definition) is 2. The number of carbonyl (C=O) groups is 1. The van der Waals surface area contributed by atoms with Crippen molar-refractivity contribution >= 4 is 18.3 Å². The van der Waals surface area contributed by atoms with E-state index in [1.807, 2.05) is 30.3 Å². The highest BCUT2D eigenvalue weighted by atomic mass is 35.5. The molecule has 2 rings (SSSR count). The number of rotatable bonds is 5. The van der Waals surface area contributed by atoms with Crippen molar-refractivity contribution in [3.8, 4) is 0 Å². The smallest absolute Gasteiger partial charge is 0.220 e. The molecule has 0 spiro atoms. The maximum atomic E-state index is 11.9. The molecule has 1 atom stereocenters. The normalized spacial score (nSPS) is 17.1. The summed E-state index contributed by atoms with van der Waals surface area (Å²) in [5.41, 5.74) is 7.13. The SMILES string of the molecule is Cl.NC(CNC(=O)CC1CCCCC1)c1ccccc1. The van der Waals surface area contributed by atoms with Gasteiger partial charge in [0.1, 0.15) is 0 Å². The van der Waals surface area contributed by atoms with E-state index < -0.39 is 0 Å². The predicted octanol–water partition coefficient (Wildman–Crippen LogP) is 3.19. The van der Waals surface area contributed by atoms with E-state index in [1.165, 1.54) is 32.1 Å². The summed E-state index contributed by atoms with van der Waals surface area (Å²) in [5.74, 6) is 0.736. The van der Waals surface area contributed by atoms with E-state index in [2.05, 4.69) is 5.32 Å². The Balaban J connectivity index is 0.00000200. The largest absolute Gasteiger partial charge is 0.354 e. The molecule has 0 saturated heterocycles. The standard InChI is InChI=1S/C16H24N2O.ClH/c17-15(14-9-5-2-6-10-14)12-18-16(19)11-13-7-3-1-4-8-13;/h2,5-6,9-10,13,15H,1,3-4,7-8,11-12,17H2,(H,18,19);1H. The fourth-order valence-corrected chi connectivity index (χ4v) is 2.77. The lowest BCUT2D eigenvalue weighted by atomic mass is 9.87. The Morgan fingerprint density at radius 2 is 1.85 bits per heavy atom. The van der Waals surface area contributed by atoms with Crippen molar-refractivity contribution < 1.29 is 4.79 Å². The van der Waals surface area contributed by atoms with Gasteiger partial charge in [0.05, 0.1) is 0 Å². The van der Waals surface area contributed by atoms with Crippen molar-refractivity contribution in [1.29, 1.82) is 0 Å². The van der Waals surface area contributed by atoms with Crippen LogP contribution in [-0.4, -0.2) is 12.5 Å². The Morgan fingerprint density at radius 1 is 1.20 bits per heavy atom. The highest BCUT2D eigenvalue weighted by molar-refractivity contribution is 5.85. The maximum Gasteiger partial charge on any atom is 0.220 e. The van der Waals surface area contributed by atoms with Gasteiger partial charge in [-0.2, -0.15) is 0 Å². The van der Waals surface area contributed by atoms with Crippen molar-refractivity contribution in [2.45, 2.75) is 44.6 Å². The summed E-state index contributed by atoms with van der Waals surface area (Å²) in [5, 5.41) is 2.96. The molecule has 4 heteroatoms. The Labute approximate surface area is 127 Å². The average molecular weight is 297 g/mol. The topological polar surface area (TPSA) is 55.1 Å². The zero-order valence-corrected chi connectivity index (χ0v) is 12.7. The molecule has 0 aromatic heterocycles. The number of carbonyl (C=O) groups excluding carboxylic acids is 1. The van der Waals surface area contributed by atoms with Crippen molar-refractivity contribution in [3.63, 3.8) is 0 Å². The van der Waals surface area contributed by atoms with Crippen LogP contribution in [0, 0.1) is 5.92 Å². The molecule has 3 N–H and O–H groups in total. The summed E-state index contributed by atoms with van der Waals surface area (Å²) >= 11 is 0. The summed E-state index contributed by atoms with van der Waals surface area (Å²) in [6.07, 6.45) is 6.97. The van der Waals surface area contributed by atoms with Gasteiger partial charge in [-0.05, 0) is 24.3 Å². The third-order valence-electron chi connectivity index (χ3n) is 3.95. The van der Waals surface area contributed by atoms with E-state index in [4.69, 9.17) is 5.73 Å². The molecular weight excluding hydrogens is 272 g/mol. The van der Waals surface area contributed by atoms with Gasteiger partial charge in [-0.25, -0.2) is 0 Å². The number of hydrogen-bond donors (Lipinski definition) is 2. The van der Waals surface area contributed by atoms with Crippen LogP contribution in [0.15, 0.2) is 30.3 Å². The van der Waals surface area contributed by atoms with Crippen molar-refractivity contribution in [1.82, 2.24) is 5.32 Å². The highest BCUT2D eigenvalue weighted by Gasteiger charge is 2.17. The fourth-order valence-electron chi connectivity index (χ4n) is 2.77. The molecule has 0 aliphatic heterocycles. The van der Waals surface area contributed by atoms with Crippen LogP contribution >= 0.6 is 12.4 Å². The van der Waals surface area contributed by atoms with Gasteiger partial charge in [0, 0.05) is 19.0 Å². The van der Waals surface area contributed by atoms with Gasteiger partial charge >= 0.3 is 0 Å². The highest BCUT2D eigenvalue weighted by Crippen LogP contribution is 2.26. The lowest BCUT2D eigenvalue weighted by Crippen LogP contribution is -2.33. The molecule has 112 valence electrons. The minimum Gasteiger partial charge on any atom is -0.354 e. The third-order valence-corrected chi connectivity index (χ3v) is 3.95. The molecular formula is C16H25ClN2O. The van der Waals surface area contributed by atoms with E-state index >= 15 is 0 Å². The summed E-state index contributed by atoms with van der Waals surface area (Å²) in [6.45, 7) is 0.523. The predicted molar refractivity (Wildman–Crippen MR) is 84.8 cm³/mol. The third kappa shape index (κ3) is 5.51. The van der Waals surface area contributed by atoms with Crippen molar-refractivity contribution in [2.75, 3.05) is 6.54 Å². The van der Waals surface area contributed by atoms with E-state index in [9.17, 15) is 4.79 Å². The number of nitrogens with two attached hydrogens (primary N) is 1. The molecule has 0 radical (unpaired) electrons. The second kappa shape index (κ2) is 8.98. The monoisotopic (exact) mass is 296 g/mol. The minimum absolute atomic E-state index is 0. The Kier molecular flexibility index (Phi) is 7.63. The minimum atomic E-state index is -0.114. The number of benzene rings is 1. The molecule has 1 unspecified atom stereocenters. The van der Waals surface area contributed by atoms with Gasteiger partial charge in [0.25, 0.3) is 0 Å². The molecule has 0 bridgehead atoms. The Morgan fingerprint density at radius 3 is 2.50 bits per heavy atom. The van der Waals surface area contributed by atoms with Gasteiger partial charge in [-0.1, -0.05) is 49.6 Å². The van der Waals surface area contributed by atoms with Crippen molar-refractivity contribution in [2.24, 2.45) is 11.7 Å². The lowest BCUT2D eigenvalue weighted by molar-refractivity contribution is -0.122. The van der Waals surface area contributed by atoms with Crippen LogP contribution in [-0.2, 0) is 4.79 Å².